The van der Waals surface area contributed by atoms with E-state index in [9.17, 15) is 23.2 Å². The predicted octanol–water partition coefficient (Wildman–Crippen LogP) is 7.75. The highest BCUT2D eigenvalue weighted by molar-refractivity contribution is 6.05. The van der Waals surface area contributed by atoms with Crippen LogP contribution in [0.25, 0.3) is 11.1 Å². The van der Waals surface area contributed by atoms with E-state index in [1.165, 1.54) is 6.07 Å². The topological polar surface area (TPSA) is 83.4 Å². The van der Waals surface area contributed by atoms with Gasteiger partial charge in [-0.1, -0.05) is 92.6 Å². The number of amides is 3. The molecule has 2 fully saturated rings. The van der Waals surface area contributed by atoms with Gasteiger partial charge in [-0.05, 0) is 60.7 Å². The lowest BCUT2D eigenvalue weighted by Crippen LogP contribution is -2.40. The molecule has 2 unspecified atom stereocenters. The third-order valence-electron chi connectivity index (χ3n) is 8.03. The molecular weight excluding hydrogens is 598 g/mol. The number of carbonyl (C=O) groups is 3. The number of benzene rings is 2. The molecule has 7 nitrogen and oxygen atoms in total. The van der Waals surface area contributed by atoms with Crippen molar-refractivity contribution < 1.29 is 23.2 Å². The molecule has 0 bridgehead atoms. The van der Waals surface area contributed by atoms with Gasteiger partial charge in [-0.25, -0.2) is 8.78 Å². The Kier molecular flexibility index (Phi) is 15.0. The van der Waals surface area contributed by atoms with Gasteiger partial charge < -0.3 is 14.8 Å². The Labute approximate surface area is 280 Å². The molecule has 2 atom stereocenters. The summed E-state index contributed by atoms with van der Waals surface area (Å²) in [6.07, 6.45) is 4.17. The maximum absolute atomic E-state index is 14.7. The molecule has 2 saturated heterocycles. The van der Waals surface area contributed by atoms with Gasteiger partial charge in [0.1, 0.15) is 11.6 Å². The summed E-state index contributed by atoms with van der Waals surface area (Å²) in [7, 11) is 0. The number of rotatable bonds is 8. The molecule has 1 aromatic heterocycles. The highest BCUT2D eigenvalue weighted by Gasteiger charge is 2.38. The standard InChI is InChI=1S/C28H33F2N3O.C6H9NO2.2C2H6/c1-28(2,3)27(33(19-34)17-21-11-12-31-15-21)26-13-22(24-14-23(29)9-10-25(24)30)18-32(26)16-20-7-5-4-6-8-20;1-6(2)3-4(8)7-5(6)9;2*1-2/h4-10,13-14,18-19,21,27,31H,11-12,15-17H2,1-3H3;3H2,1-2H3,(H,7,8,9);2*1-2H3. The van der Waals surface area contributed by atoms with Crippen LogP contribution in [0.3, 0.4) is 0 Å². The predicted molar refractivity (Wildman–Crippen MR) is 186 cm³/mol. The number of nitrogens with zero attached hydrogens (tertiary/aromatic N) is 2. The first-order chi connectivity index (χ1) is 22.3. The molecule has 0 spiro atoms. The van der Waals surface area contributed by atoms with Crippen molar-refractivity contribution in [3.63, 3.8) is 0 Å². The minimum atomic E-state index is -0.482. The van der Waals surface area contributed by atoms with Crippen LogP contribution in [0, 0.1) is 28.4 Å². The van der Waals surface area contributed by atoms with Crippen molar-refractivity contribution in [2.45, 2.75) is 87.7 Å². The van der Waals surface area contributed by atoms with Gasteiger partial charge in [0, 0.05) is 42.5 Å². The Morgan fingerprint density at radius 2 is 1.68 bits per heavy atom. The van der Waals surface area contributed by atoms with Crippen LogP contribution >= 0.6 is 0 Å². The Morgan fingerprint density at radius 1 is 1.02 bits per heavy atom. The van der Waals surface area contributed by atoms with Gasteiger partial charge in [0.2, 0.25) is 18.2 Å². The SMILES string of the molecule is CC.CC.CC(C)(C)C(c1cc(-c2cc(F)ccc2F)cn1Cc1ccccc1)N(C=O)CC1CCNC1.CC1(C)CC(=O)NC1=O. The number of nitrogens with one attached hydrogen (secondary N) is 2. The first-order valence-corrected chi connectivity index (χ1v) is 16.7. The molecule has 47 heavy (non-hydrogen) atoms. The summed E-state index contributed by atoms with van der Waals surface area (Å²) in [5.74, 6) is -0.879. The number of imide groups is 1. The zero-order chi connectivity index (χ0) is 35.4. The first-order valence-electron chi connectivity index (χ1n) is 16.7. The Hall–Kier alpha value is -3.85. The second-order valence-corrected chi connectivity index (χ2v) is 13.3. The molecule has 9 heteroatoms. The molecule has 0 saturated carbocycles. The average molecular weight is 653 g/mol. The van der Waals surface area contributed by atoms with Crippen molar-refractivity contribution in [1.29, 1.82) is 0 Å². The lowest BCUT2D eigenvalue weighted by atomic mass is 9.83. The Bertz CT molecular complexity index is 1440. The fourth-order valence-electron chi connectivity index (χ4n) is 5.85. The van der Waals surface area contributed by atoms with E-state index in [-0.39, 0.29) is 28.8 Å². The number of carbonyl (C=O) groups excluding carboxylic acids is 3. The highest BCUT2D eigenvalue weighted by Crippen LogP contribution is 2.41. The van der Waals surface area contributed by atoms with Crippen LogP contribution in [0.4, 0.5) is 8.78 Å². The summed E-state index contributed by atoms with van der Waals surface area (Å²) < 4.78 is 30.8. The van der Waals surface area contributed by atoms with Crippen LogP contribution in [0.1, 0.15) is 92.5 Å². The fourth-order valence-corrected chi connectivity index (χ4v) is 5.85. The monoisotopic (exact) mass is 652 g/mol. The zero-order valence-electron chi connectivity index (χ0n) is 29.6. The van der Waals surface area contributed by atoms with Crippen molar-refractivity contribution in [3.8, 4) is 11.1 Å². The molecule has 3 heterocycles. The Morgan fingerprint density at radius 3 is 2.17 bits per heavy atom. The fraction of sp³-hybridized carbons (Fsp3) is 0.500. The van der Waals surface area contributed by atoms with E-state index in [0.717, 1.165) is 49.3 Å². The van der Waals surface area contributed by atoms with E-state index in [4.69, 9.17) is 0 Å². The van der Waals surface area contributed by atoms with Crippen molar-refractivity contribution in [1.82, 2.24) is 20.1 Å². The highest BCUT2D eigenvalue weighted by atomic mass is 19.1. The van der Waals surface area contributed by atoms with Gasteiger partial charge in [0.05, 0.1) is 11.5 Å². The minimum Gasteiger partial charge on any atom is -0.344 e. The third kappa shape index (κ3) is 10.8. The van der Waals surface area contributed by atoms with Gasteiger partial charge in [0.25, 0.3) is 0 Å². The summed E-state index contributed by atoms with van der Waals surface area (Å²) in [5, 5.41) is 5.60. The largest absolute Gasteiger partial charge is 0.344 e. The number of halogens is 2. The molecule has 2 aromatic carbocycles. The lowest BCUT2D eigenvalue weighted by Gasteiger charge is -2.40. The summed E-state index contributed by atoms with van der Waals surface area (Å²) in [6.45, 7) is 20.9. The van der Waals surface area contributed by atoms with Crippen molar-refractivity contribution in [3.05, 3.63) is 83.7 Å². The van der Waals surface area contributed by atoms with Crippen molar-refractivity contribution in [2.24, 2.45) is 16.7 Å². The van der Waals surface area contributed by atoms with Crippen LogP contribution in [0.2, 0.25) is 0 Å². The van der Waals surface area contributed by atoms with Gasteiger partial charge in [0.15, 0.2) is 0 Å². The number of aromatic nitrogens is 1. The van der Waals surface area contributed by atoms with Crippen LogP contribution in [-0.2, 0) is 20.9 Å². The van der Waals surface area contributed by atoms with Gasteiger partial charge >= 0.3 is 0 Å². The van der Waals surface area contributed by atoms with Crippen molar-refractivity contribution >= 4 is 18.2 Å². The molecule has 2 aliphatic rings. The number of hydrogen-bond donors (Lipinski definition) is 2. The van der Waals surface area contributed by atoms with Crippen LogP contribution in [0.15, 0.2) is 60.8 Å². The molecule has 0 aliphatic carbocycles. The molecule has 2 aliphatic heterocycles. The van der Waals surface area contributed by atoms with Gasteiger partial charge in [-0.3, -0.25) is 19.7 Å². The molecule has 3 amide bonds. The lowest BCUT2D eigenvalue weighted by molar-refractivity contribution is -0.127. The molecular formula is C38H54F2N4O3. The summed E-state index contributed by atoms with van der Waals surface area (Å²) in [6, 6.07) is 15.2. The molecule has 3 aromatic rings. The summed E-state index contributed by atoms with van der Waals surface area (Å²) >= 11 is 0. The summed E-state index contributed by atoms with van der Waals surface area (Å²) in [4.78, 5) is 35.6. The van der Waals surface area contributed by atoms with Crippen LogP contribution in [0.5, 0.6) is 0 Å². The zero-order valence-corrected chi connectivity index (χ0v) is 29.6. The maximum Gasteiger partial charge on any atom is 0.232 e. The minimum absolute atomic E-state index is 0.160. The van der Waals surface area contributed by atoms with Crippen LogP contribution in [-0.4, -0.2) is 47.3 Å². The van der Waals surface area contributed by atoms with E-state index in [2.05, 4.69) is 36.0 Å². The quantitative estimate of drug-likeness (QED) is 0.193. The van der Waals surface area contributed by atoms with Gasteiger partial charge in [-0.2, -0.15) is 0 Å². The molecule has 258 valence electrons. The molecule has 0 radical (unpaired) electrons. The molecule has 5 rings (SSSR count). The second kappa shape index (κ2) is 17.9. The maximum atomic E-state index is 14.7. The second-order valence-electron chi connectivity index (χ2n) is 13.3. The average Bonchev–Trinajstić information content (AvgIpc) is 3.75. The first kappa shape index (κ1) is 39.3. The van der Waals surface area contributed by atoms with E-state index < -0.39 is 17.0 Å². The molecule has 2 N–H and O–H groups in total. The Balaban J connectivity index is 0.000000500. The van der Waals surface area contributed by atoms with E-state index in [1.807, 2.05) is 75.2 Å². The van der Waals surface area contributed by atoms with E-state index in [1.54, 1.807) is 13.8 Å². The van der Waals surface area contributed by atoms with E-state index >= 15 is 0 Å². The smallest absolute Gasteiger partial charge is 0.232 e. The van der Waals surface area contributed by atoms with E-state index in [0.29, 0.717) is 31.0 Å². The number of hydrogen-bond acceptors (Lipinski definition) is 4. The normalized spacial score (nSPS) is 17.2. The van der Waals surface area contributed by atoms with Crippen LogP contribution < -0.4 is 10.6 Å². The summed E-state index contributed by atoms with van der Waals surface area (Å²) in [5.41, 5.74) is 2.07. The van der Waals surface area contributed by atoms with Gasteiger partial charge in [-0.15, -0.1) is 0 Å². The third-order valence-corrected chi connectivity index (χ3v) is 8.03. The van der Waals surface area contributed by atoms with Crippen molar-refractivity contribution in [2.75, 3.05) is 19.6 Å².